The second kappa shape index (κ2) is 4.71. The Labute approximate surface area is 103 Å². The smallest absolute Gasteiger partial charge is 0.0938 e. The van der Waals surface area contributed by atoms with E-state index in [2.05, 4.69) is 15.9 Å². The zero-order valence-electron chi connectivity index (χ0n) is 8.81. The highest BCUT2D eigenvalue weighted by Crippen LogP contribution is 2.25. The Bertz CT molecular complexity index is 356. The van der Waals surface area contributed by atoms with Crippen molar-refractivity contribution in [2.24, 2.45) is 0 Å². The molecule has 2 atom stereocenters. The normalized spacial score (nSPS) is 26.2. The van der Waals surface area contributed by atoms with E-state index in [1.165, 1.54) is 0 Å². The molecular weight excluding hydrogens is 272 g/mol. The lowest BCUT2D eigenvalue weighted by atomic mass is 10.2. The number of halogens is 1. The van der Waals surface area contributed by atoms with Crippen LogP contribution in [0, 0.1) is 0 Å². The fourth-order valence-corrected chi connectivity index (χ4v) is 2.45. The van der Waals surface area contributed by atoms with E-state index < -0.39 is 12.2 Å². The van der Waals surface area contributed by atoms with Gasteiger partial charge in [-0.3, -0.25) is 4.90 Å². The molecule has 1 aliphatic heterocycles. The van der Waals surface area contributed by atoms with Crippen LogP contribution < -0.4 is 5.73 Å². The summed E-state index contributed by atoms with van der Waals surface area (Å²) in [5, 5.41) is 18.9. The van der Waals surface area contributed by atoms with E-state index in [9.17, 15) is 10.2 Å². The summed E-state index contributed by atoms with van der Waals surface area (Å²) in [6.45, 7) is 1.62. The van der Waals surface area contributed by atoms with Crippen LogP contribution in [0.1, 0.15) is 5.56 Å². The fraction of sp³-hybridized carbons (Fsp3) is 0.455. The van der Waals surface area contributed by atoms with Crippen LogP contribution in [0.2, 0.25) is 0 Å². The van der Waals surface area contributed by atoms with Crippen molar-refractivity contribution in [3.8, 4) is 0 Å². The molecule has 0 aliphatic carbocycles. The first kappa shape index (κ1) is 11.9. The first-order valence-electron chi connectivity index (χ1n) is 5.19. The largest absolute Gasteiger partial charge is 0.398 e. The predicted molar refractivity (Wildman–Crippen MR) is 65.8 cm³/mol. The highest BCUT2D eigenvalue weighted by atomic mass is 79.9. The molecule has 4 nitrogen and oxygen atoms in total. The van der Waals surface area contributed by atoms with Gasteiger partial charge in [0, 0.05) is 35.4 Å². The summed E-state index contributed by atoms with van der Waals surface area (Å²) in [6.07, 6.45) is -1.30. The Morgan fingerprint density at radius 3 is 2.50 bits per heavy atom. The van der Waals surface area contributed by atoms with E-state index >= 15 is 0 Å². The minimum absolute atomic E-state index is 0.488. The Hall–Kier alpha value is -0.620. The second-order valence-electron chi connectivity index (χ2n) is 4.14. The second-order valence-corrected chi connectivity index (χ2v) is 4.99. The van der Waals surface area contributed by atoms with E-state index in [1.54, 1.807) is 0 Å². The van der Waals surface area contributed by atoms with Gasteiger partial charge in [-0.15, -0.1) is 0 Å². The lowest BCUT2D eigenvalue weighted by molar-refractivity contribution is 0.0572. The predicted octanol–water partition coefficient (Wildman–Crippen LogP) is 0.569. The molecule has 0 amide bonds. The summed E-state index contributed by atoms with van der Waals surface area (Å²) >= 11 is 3.45. The van der Waals surface area contributed by atoms with Gasteiger partial charge in [-0.2, -0.15) is 0 Å². The molecule has 0 aromatic heterocycles. The number of nitrogens with two attached hydrogens (primary N) is 1. The van der Waals surface area contributed by atoms with E-state index in [0.717, 1.165) is 15.7 Å². The quantitative estimate of drug-likeness (QED) is 0.696. The highest BCUT2D eigenvalue weighted by Gasteiger charge is 2.29. The number of rotatable bonds is 2. The van der Waals surface area contributed by atoms with Crippen molar-refractivity contribution in [2.45, 2.75) is 18.8 Å². The molecule has 0 spiro atoms. The summed E-state index contributed by atoms with van der Waals surface area (Å²) in [7, 11) is 0. The van der Waals surface area contributed by atoms with E-state index in [4.69, 9.17) is 5.73 Å². The molecule has 1 fully saturated rings. The van der Waals surface area contributed by atoms with Gasteiger partial charge in [0.1, 0.15) is 0 Å². The number of β-amino-alcohol motifs (C(OH)–C–C–N with tert-alkyl or cyclic N) is 2. The summed E-state index contributed by atoms with van der Waals surface area (Å²) in [6, 6.07) is 5.67. The van der Waals surface area contributed by atoms with Crippen molar-refractivity contribution in [2.75, 3.05) is 18.8 Å². The number of anilines is 1. The third kappa shape index (κ3) is 2.38. The molecule has 1 aromatic rings. The number of benzene rings is 1. The van der Waals surface area contributed by atoms with Gasteiger partial charge in [0.05, 0.1) is 12.2 Å². The zero-order valence-corrected chi connectivity index (χ0v) is 10.4. The number of aliphatic hydroxyl groups excluding tert-OH is 2. The van der Waals surface area contributed by atoms with Crippen LogP contribution >= 0.6 is 15.9 Å². The van der Waals surface area contributed by atoms with Gasteiger partial charge >= 0.3 is 0 Å². The molecule has 16 heavy (non-hydrogen) atoms. The van der Waals surface area contributed by atoms with Gasteiger partial charge in [0.15, 0.2) is 0 Å². The van der Waals surface area contributed by atoms with Gasteiger partial charge in [0.25, 0.3) is 0 Å². The molecular formula is C11H15BrN2O2. The molecule has 5 heteroatoms. The lowest BCUT2D eigenvalue weighted by Gasteiger charge is -2.17. The third-order valence-corrected chi connectivity index (χ3v) is 3.61. The van der Waals surface area contributed by atoms with Crippen LogP contribution in [0.25, 0.3) is 0 Å². The average molecular weight is 287 g/mol. The number of nitrogen functional groups attached to an aromatic ring is 1. The maximum Gasteiger partial charge on any atom is 0.0938 e. The van der Waals surface area contributed by atoms with Crippen molar-refractivity contribution in [1.82, 2.24) is 4.90 Å². The molecule has 0 saturated carbocycles. The van der Waals surface area contributed by atoms with E-state index in [-0.39, 0.29) is 0 Å². The van der Waals surface area contributed by atoms with Gasteiger partial charge in [-0.25, -0.2) is 0 Å². The number of aliphatic hydroxyl groups is 2. The van der Waals surface area contributed by atoms with E-state index in [1.807, 2.05) is 23.1 Å². The first-order chi connectivity index (χ1) is 7.58. The summed E-state index contributed by atoms with van der Waals surface area (Å²) in [5.74, 6) is 0. The van der Waals surface area contributed by atoms with Crippen molar-refractivity contribution in [1.29, 1.82) is 0 Å². The minimum Gasteiger partial charge on any atom is -0.398 e. The fourth-order valence-electron chi connectivity index (χ4n) is 1.94. The standard InChI is InChI=1S/C11H15BrN2O2/c12-8-2-1-3-9(13)7(8)4-14-5-10(15)11(16)6-14/h1-3,10-11,15-16H,4-6,13H2. The monoisotopic (exact) mass is 286 g/mol. The summed E-state index contributed by atoms with van der Waals surface area (Å²) < 4.78 is 0.961. The van der Waals surface area contributed by atoms with Crippen LogP contribution in [0.3, 0.4) is 0 Å². The molecule has 2 unspecified atom stereocenters. The molecule has 88 valence electrons. The zero-order chi connectivity index (χ0) is 11.7. The molecule has 1 aromatic carbocycles. The minimum atomic E-state index is -0.649. The number of nitrogens with zero attached hydrogens (tertiary/aromatic N) is 1. The number of likely N-dealkylation sites (tertiary alicyclic amines) is 1. The van der Waals surface area contributed by atoms with Crippen LogP contribution in [0.5, 0.6) is 0 Å². The maximum atomic E-state index is 9.45. The summed E-state index contributed by atoms with van der Waals surface area (Å²) in [5.41, 5.74) is 7.62. The van der Waals surface area contributed by atoms with E-state index in [0.29, 0.717) is 19.6 Å². The Morgan fingerprint density at radius 1 is 1.31 bits per heavy atom. The highest BCUT2D eigenvalue weighted by molar-refractivity contribution is 9.10. The van der Waals surface area contributed by atoms with Crippen LogP contribution in [0.15, 0.2) is 22.7 Å². The van der Waals surface area contributed by atoms with Crippen molar-refractivity contribution >= 4 is 21.6 Å². The van der Waals surface area contributed by atoms with Gasteiger partial charge in [-0.1, -0.05) is 22.0 Å². The van der Waals surface area contributed by atoms with Crippen LogP contribution in [0.4, 0.5) is 5.69 Å². The van der Waals surface area contributed by atoms with Gasteiger partial charge in [0.2, 0.25) is 0 Å². The van der Waals surface area contributed by atoms with Crippen molar-refractivity contribution in [3.05, 3.63) is 28.2 Å². The molecule has 1 saturated heterocycles. The maximum absolute atomic E-state index is 9.45. The van der Waals surface area contributed by atoms with Crippen molar-refractivity contribution in [3.63, 3.8) is 0 Å². The van der Waals surface area contributed by atoms with Gasteiger partial charge in [-0.05, 0) is 12.1 Å². The number of hydrogen-bond acceptors (Lipinski definition) is 4. The lowest BCUT2D eigenvalue weighted by Crippen LogP contribution is -2.22. The van der Waals surface area contributed by atoms with Gasteiger partial charge < -0.3 is 15.9 Å². The molecule has 0 bridgehead atoms. The first-order valence-corrected chi connectivity index (χ1v) is 5.98. The third-order valence-electron chi connectivity index (χ3n) is 2.87. The molecule has 2 rings (SSSR count). The Balaban J connectivity index is 2.10. The van der Waals surface area contributed by atoms with Crippen LogP contribution in [-0.4, -0.2) is 40.4 Å². The molecule has 1 aliphatic rings. The SMILES string of the molecule is Nc1cccc(Br)c1CN1CC(O)C(O)C1. The Kier molecular flexibility index (Phi) is 3.49. The number of hydrogen-bond donors (Lipinski definition) is 3. The molecule has 4 N–H and O–H groups in total. The van der Waals surface area contributed by atoms with Crippen LogP contribution in [-0.2, 0) is 6.54 Å². The molecule has 0 radical (unpaired) electrons. The topological polar surface area (TPSA) is 69.7 Å². The average Bonchev–Trinajstić information content (AvgIpc) is 2.53. The Morgan fingerprint density at radius 2 is 1.94 bits per heavy atom. The summed E-state index contributed by atoms with van der Waals surface area (Å²) in [4.78, 5) is 1.99. The van der Waals surface area contributed by atoms with Crippen molar-refractivity contribution < 1.29 is 10.2 Å². The molecule has 1 heterocycles.